The van der Waals surface area contributed by atoms with Crippen LogP contribution in [0.4, 0.5) is 24.5 Å². The van der Waals surface area contributed by atoms with Crippen LogP contribution in [0.5, 0.6) is 5.75 Å². The summed E-state index contributed by atoms with van der Waals surface area (Å²) in [4.78, 5) is 32.4. The van der Waals surface area contributed by atoms with Crippen LogP contribution in [0, 0.1) is 5.92 Å². The molecule has 1 saturated heterocycles. The van der Waals surface area contributed by atoms with Gasteiger partial charge in [-0.3, -0.25) is 14.5 Å². The van der Waals surface area contributed by atoms with E-state index in [2.05, 4.69) is 9.80 Å². The molecular weight excluding hydrogens is 603 g/mol. The number of hydrogen-bond donors (Lipinski definition) is 0. The Hall–Kier alpha value is -3.54. The molecule has 7 nitrogen and oxygen atoms in total. The van der Waals surface area contributed by atoms with Crippen LogP contribution in [-0.2, 0) is 15.7 Å². The van der Waals surface area contributed by atoms with Gasteiger partial charge < -0.3 is 19.3 Å². The SMILES string of the molecule is CC(=O)c1ccc(OCC(C)C(=O)OCCN2CCN(CCCN3c4ccccc4Sc4ccc(C(F)(F)F)cc43)CC2)cc1. The lowest BCUT2D eigenvalue weighted by molar-refractivity contribution is -0.149. The zero-order chi connectivity index (χ0) is 32.0. The average Bonchev–Trinajstić information content (AvgIpc) is 3.03. The Kier molecular flexibility index (Phi) is 10.7. The number of nitrogens with zero attached hydrogens (tertiary/aromatic N) is 3. The third kappa shape index (κ3) is 8.59. The van der Waals surface area contributed by atoms with Crippen molar-refractivity contribution in [3.63, 3.8) is 0 Å². The van der Waals surface area contributed by atoms with E-state index < -0.39 is 17.7 Å². The molecule has 1 unspecified atom stereocenters. The fourth-order valence-corrected chi connectivity index (χ4v) is 6.50. The molecule has 0 saturated carbocycles. The number of alkyl halides is 3. The molecule has 1 atom stereocenters. The summed E-state index contributed by atoms with van der Waals surface area (Å²) in [6.45, 7) is 9.35. The van der Waals surface area contributed by atoms with Crippen LogP contribution in [0.1, 0.15) is 36.2 Å². The van der Waals surface area contributed by atoms with Gasteiger partial charge in [0.25, 0.3) is 0 Å². The van der Waals surface area contributed by atoms with E-state index in [1.165, 1.54) is 24.8 Å². The number of ketones is 1. The quantitative estimate of drug-likeness (QED) is 0.159. The lowest BCUT2D eigenvalue weighted by Gasteiger charge is -2.36. The maximum absolute atomic E-state index is 13.5. The molecule has 0 amide bonds. The standard InChI is InChI=1S/C34H38F3N3O4S/c1-24(23-44-28-11-8-26(9-12-28)25(2)41)33(42)43-21-20-39-18-16-38(17-19-39)14-5-15-40-29-6-3-4-7-31(29)45-32-13-10-27(22-30(32)40)34(35,36)37/h3-4,6-13,22,24H,5,14-21,23H2,1-2H3. The summed E-state index contributed by atoms with van der Waals surface area (Å²) in [6.07, 6.45) is -3.58. The molecule has 0 aromatic heterocycles. The van der Waals surface area contributed by atoms with E-state index in [4.69, 9.17) is 9.47 Å². The molecule has 1 fully saturated rings. The molecule has 5 rings (SSSR count). The Balaban J connectivity index is 1.03. The number of halogens is 3. The first-order valence-electron chi connectivity index (χ1n) is 15.2. The minimum Gasteiger partial charge on any atom is -0.493 e. The summed E-state index contributed by atoms with van der Waals surface area (Å²) in [7, 11) is 0. The molecule has 3 aromatic carbocycles. The number of ether oxygens (including phenoxy) is 2. The molecule has 0 aliphatic carbocycles. The monoisotopic (exact) mass is 641 g/mol. The normalized spacial score (nSPS) is 16.1. The van der Waals surface area contributed by atoms with E-state index in [1.54, 1.807) is 37.3 Å². The Morgan fingerprint density at radius 1 is 0.867 bits per heavy atom. The van der Waals surface area contributed by atoms with Crippen molar-refractivity contribution in [3.05, 3.63) is 77.9 Å². The summed E-state index contributed by atoms with van der Waals surface area (Å²) in [5, 5.41) is 0. The minimum absolute atomic E-state index is 0.0151. The van der Waals surface area contributed by atoms with Crippen molar-refractivity contribution in [1.82, 2.24) is 9.80 Å². The maximum Gasteiger partial charge on any atom is 0.416 e. The number of carbonyl (C=O) groups excluding carboxylic acids is 2. The lowest BCUT2D eigenvalue weighted by atomic mass is 10.1. The van der Waals surface area contributed by atoms with Crippen molar-refractivity contribution < 1.29 is 32.2 Å². The third-order valence-electron chi connectivity index (χ3n) is 8.09. The first-order valence-corrected chi connectivity index (χ1v) is 16.0. The van der Waals surface area contributed by atoms with Crippen LogP contribution in [-0.4, -0.2) is 80.6 Å². The highest BCUT2D eigenvalue weighted by Crippen LogP contribution is 2.49. The fraction of sp³-hybridized carbons (Fsp3) is 0.412. The zero-order valence-electron chi connectivity index (χ0n) is 25.5. The van der Waals surface area contributed by atoms with Gasteiger partial charge in [-0.15, -0.1) is 0 Å². The predicted octanol–water partition coefficient (Wildman–Crippen LogP) is 6.78. The number of anilines is 2. The zero-order valence-corrected chi connectivity index (χ0v) is 26.3. The number of hydrogen-bond acceptors (Lipinski definition) is 8. The Morgan fingerprint density at radius 2 is 1.53 bits per heavy atom. The van der Waals surface area contributed by atoms with Crippen LogP contribution >= 0.6 is 11.8 Å². The van der Waals surface area contributed by atoms with Gasteiger partial charge in [0.1, 0.15) is 19.0 Å². The smallest absolute Gasteiger partial charge is 0.416 e. The van der Waals surface area contributed by atoms with Gasteiger partial charge in [-0.25, -0.2) is 0 Å². The summed E-state index contributed by atoms with van der Waals surface area (Å²) in [5.41, 5.74) is 1.53. The fourth-order valence-electron chi connectivity index (χ4n) is 5.43. The maximum atomic E-state index is 13.5. The van der Waals surface area contributed by atoms with E-state index >= 15 is 0 Å². The van der Waals surface area contributed by atoms with Crippen molar-refractivity contribution >= 4 is 34.9 Å². The molecule has 2 aliphatic rings. The molecule has 45 heavy (non-hydrogen) atoms. The first-order chi connectivity index (χ1) is 21.6. The van der Waals surface area contributed by atoms with Gasteiger partial charge in [-0.1, -0.05) is 23.9 Å². The average molecular weight is 642 g/mol. The Morgan fingerprint density at radius 3 is 2.22 bits per heavy atom. The molecular formula is C34H38F3N3O4S. The highest BCUT2D eigenvalue weighted by Gasteiger charge is 2.33. The first kappa shape index (κ1) is 32.8. The van der Waals surface area contributed by atoms with E-state index in [9.17, 15) is 22.8 Å². The van der Waals surface area contributed by atoms with Gasteiger partial charge in [0.15, 0.2) is 5.78 Å². The molecule has 240 valence electrons. The molecule has 0 N–H and O–H groups in total. The number of Topliss-reactive ketones (excluding diaryl/α,β-unsaturated/α-hetero) is 1. The highest BCUT2D eigenvalue weighted by molar-refractivity contribution is 7.99. The second-order valence-corrected chi connectivity index (χ2v) is 12.5. The van der Waals surface area contributed by atoms with Crippen molar-refractivity contribution in [2.75, 3.05) is 63.9 Å². The van der Waals surface area contributed by atoms with Crippen LogP contribution < -0.4 is 9.64 Å². The van der Waals surface area contributed by atoms with Gasteiger partial charge in [-0.2, -0.15) is 13.2 Å². The number of piperazine rings is 1. The number of fused-ring (bicyclic) bond motifs is 2. The molecule has 0 radical (unpaired) electrons. The topological polar surface area (TPSA) is 62.3 Å². The second-order valence-electron chi connectivity index (χ2n) is 11.4. The molecule has 2 aliphatic heterocycles. The van der Waals surface area contributed by atoms with Crippen molar-refractivity contribution in [3.8, 4) is 5.75 Å². The number of carbonyl (C=O) groups is 2. The number of para-hydroxylation sites is 1. The van der Waals surface area contributed by atoms with Gasteiger partial charge >= 0.3 is 12.1 Å². The van der Waals surface area contributed by atoms with E-state index in [0.29, 0.717) is 36.7 Å². The molecule has 11 heteroatoms. The molecule has 0 spiro atoms. The van der Waals surface area contributed by atoms with E-state index in [1.807, 2.05) is 29.2 Å². The van der Waals surface area contributed by atoms with Gasteiger partial charge in [0.05, 0.1) is 22.9 Å². The summed E-state index contributed by atoms with van der Waals surface area (Å²) < 4.78 is 51.7. The van der Waals surface area contributed by atoms with Crippen LogP contribution in [0.15, 0.2) is 76.5 Å². The van der Waals surface area contributed by atoms with Crippen molar-refractivity contribution in [1.29, 1.82) is 0 Å². The molecule has 0 bridgehead atoms. The van der Waals surface area contributed by atoms with Crippen LogP contribution in [0.25, 0.3) is 0 Å². The summed E-state index contributed by atoms with van der Waals surface area (Å²) >= 11 is 1.51. The van der Waals surface area contributed by atoms with E-state index in [-0.39, 0.29) is 18.4 Å². The van der Waals surface area contributed by atoms with Gasteiger partial charge in [0, 0.05) is 54.6 Å². The summed E-state index contributed by atoms with van der Waals surface area (Å²) in [5.74, 6) is -0.154. The number of benzene rings is 3. The molecule has 3 aromatic rings. The highest BCUT2D eigenvalue weighted by atomic mass is 32.2. The lowest BCUT2D eigenvalue weighted by Crippen LogP contribution is -2.47. The number of esters is 1. The number of rotatable bonds is 12. The third-order valence-corrected chi connectivity index (χ3v) is 9.22. The Bertz CT molecular complexity index is 1480. The predicted molar refractivity (Wildman–Crippen MR) is 169 cm³/mol. The minimum atomic E-state index is -4.39. The van der Waals surface area contributed by atoms with Gasteiger partial charge in [-0.05, 0) is 81.4 Å². The second kappa shape index (κ2) is 14.7. The Labute approximate surface area is 266 Å². The van der Waals surface area contributed by atoms with Crippen molar-refractivity contribution in [2.45, 2.75) is 36.2 Å². The van der Waals surface area contributed by atoms with Crippen LogP contribution in [0.2, 0.25) is 0 Å². The van der Waals surface area contributed by atoms with E-state index in [0.717, 1.165) is 60.7 Å². The van der Waals surface area contributed by atoms with Crippen LogP contribution in [0.3, 0.4) is 0 Å². The molecule has 2 heterocycles. The van der Waals surface area contributed by atoms with Gasteiger partial charge in [0.2, 0.25) is 0 Å². The largest absolute Gasteiger partial charge is 0.493 e. The summed E-state index contributed by atoms with van der Waals surface area (Å²) in [6, 6.07) is 18.7. The van der Waals surface area contributed by atoms with Crippen molar-refractivity contribution in [2.24, 2.45) is 5.92 Å².